The molecule has 2 saturated carbocycles. The Morgan fingerprint density at radius 3 is 2.40 bits per heavy atom. The molecule has 0 atom stereocenters. The zero-order chi connectivity index (χ0) is 10.6. The van der Waals surface area contributed by atoms with E-state index in [1.807, 2.05) is 0 Å². The molecule has 0 aliphatic heterocycles. The van der Waals surface area contributed by atoms with Crippen LogP contribution in [-0.2, 0) is 0 Å². The van der Waals surface area contributed by atoms with Gasteiger partial charge in [-0.15, -0.1) is 0 Å². The zero-order valence-electron chi connectivity index (χ0n) is 9.80. The molecule has 15 heavy (non-hydrogen) atoms. The summed E-state index contributed by atoms with van der Waals surface area (Å²) in [5.41, 5.74) is 0.466. The smallest absolute Gasteiger partial charge is 0.0436 e. The van der Waals surface area contributed by atoms with Gasteiger partial charge >= 0.3 is 0 Å². The molecule has 88 valence electrons. The fraction of sp³-hybridized carbons (Fsp3) is 1.00. The first kappa shape index (κ1) is 11.4. The fourth-order valence-corrected chi connectivity index (χ4v) is 3.19. The Balaban J connectivity index is 1.63. The van der Waals surface area contributed by atoms with Crippen molar-refractivity contribution in [1.29, 1.82) is 0 Å². The van der Waals surface area contributed by atoms with Crippen LogP contribution in [0.15, 0.2) is 0 Å². The standard InChI is InChI=1S/C13H25NO/c15-9-8-13(6-3-7-13)11-14-10-12-4-1-2-5-12/h12,14-15H,1-11H2. The molecule has 0 aromatic heterocycles. The highest BCUT2D eigenvalue weighted by Gasteiger charge is 2.35. The van der Waals surface area contributed by atoms with Crippen LogP contribution in [0.3, 0.4) is 0 Å². The Morgan fingerprint density at radius 1 is 1.13 bits per heavy atom. The highest BCUT2D eigenvalue weighted by atomic mass is 16.3. The zero-order valence-corrected chi connectivity index (χ0v) is 9.80. The molecule has 2 heteroatoms. The maximum Gasteiger partial charge on any atom is 0.0436 e. The number of hydrogen-bond acceptors (Lipinski definition) is 2. The fourth-order valence-electron chi connectivity index (χ4n) is 3.19. The van der Waals surface area contributed by atoms with Gasteiger partial charge in [0.1, 0.15) is 0 Å². The van der Waals surface area contributed by atoms with Crippen molar-refractivity contribution in [3.8, 4) is 0 Å². The molecule has 0 radical (unpaired) electrons. The van der Waals surface area contributed by atoms with Gasteiger partial charge in [-0.3, -0.25) is 0 Å². The van der Waals surface area contributed by atoms with Crippen molar-refractivity contribution < 1.29 is 5.11 Å². The van der Waals surface area contributed by atoms with Gasteiger partial charge in [0, 0.05) is 13.2 Å². The van der Waals surface area contributed by atoms with Crippen molar-refractivity contribution in [3.05, 3.63) is 0 Å². The first-order valence-corrected chi connectivity index (χ1v) is 6.66. The van der Waals surface area contributed by atoms with E-state index in [2.05, 4.69) is 5.32 Å². The van der Waals surface area contributed by atoms with Crippen molar-refractivity contribution in [2.45, 2.75) is 51.4 Å². The van der Waals surface area contributed by atoms with Gasteiger partial charge in [0.25, 0.3) is 0 Å². The quantitative estimate of drug-likeness (QED) is 0.706. The van der Waals surface area contributed by atoms with Gasteiger partial charge < -0.3 is 10.4 Å². The number of aliphatic hydroxyl groups excluding tert-OH is 1. The number of nitrogens with one attached hydrogen (secondary N) is 1. The third-order valence-corrected chi connectivity index (χ3v) is 4.46. The molecule has 2 aliphatic rings. The summed E-state index contributed by atoms with van der Waals surface area (Å²) in [7, 11) is 0. The molecule has 0 saturated heterocycles. The molecule has 2 aliphatic carbocycles. The Morgan fingerprint density at radius 2 is 1.87 bits per heavy atom. The van der Waals surface area contributed by atoms with Gasteiger partial charge in [0.2, 0.25) is 0 Å². The molecule has 0 amide bonds. The van der Waals surface area contributed by atoms with Crippen LogP contribution >= 0.6 is 0 Å². The highest BCUT2D eigenvalue weighted by Crippen LogP contribution is 2.43. The molecular formula is C13H25NO. The topological polar surface area (TPSA) is 32.3 Å². The van der Waals surface area contributed by atoms with Gasteiger partial charge in [0.05, 0.1) is 0 Å². The predicted molar refractivity (Wildman–Crippen MR) is 62.8 cm³/mol. The largest absolute Gasteiger partial charge is 0.396 e. The molecule has 2 nitrogen and oxygen atoms in total. The van der Waals surface area contributed by atoms with Crippen LogP contribution in [0, 0.1) is 11.3 Å². The molecule has 0 aromatic rings. The minimum atomic E-state index is 0.366. The lowest BCUT2D eigenvalue weighted by molar-refractivity contribution is 0.0852. The van der Waals surface area contributed by atoms with Crippen molar-refractivity contribution in [2.75, 3.05) is 19.7 Å². The summed E-state index contributed by atoms with van der Waals surface area (Å²) in [5, 5.41) is 12.7. The average molecular weight is 211 g/mol. The first-order chi connectivity index (χ1) is 7.35. The minimum absolute atomic E-state index is 0.366. The molecule has 0 spiro atoms. The van der Waals surface area contributed by atoms with Crippen LogP contribution < -0.4 is 5.32 Å². The Labute approximate surface area is 93.5 Å². The van der Waals surface area contributed by atoms with Crippen LogP contribution in [0.25, 0.3) is 0 Å². The summed E-state index contributed by atoms with van der Waals surface area (Å²) >= 11 is 0. The van der Waals surface area contributed by atoms with Gasteiger partial charge in [0.15, 0.2) is 0 Å². The maximum absolute atomic E-state index is 9.05. The lowest BCUT2D eigenvalue weighted by Crippen LogP contribution is -2.41. The SMILES string of the molecule is OCCC1(CNCC2CCCC2)CCC1. The van der Waals surface area contributed by atoms with Gasteiger partial charge in [-0.05, 0) is 50.0 Å². The number of rotatable bonds is 6. The van der Waals surface area contributed by atoms with E-state index < -0.39 is 0 Å². The van der Waals surface area contributed by atoms with E-state index >= 15 is 0 Å². The summed E-state index contributed by atoms with van der Waals surface area (Å²) in [6.07, 6.45) is 10.8. The summed E-state index contributed by atoms with van der Waals surface area (Å²) in [4.78, 5) is 0. The van der Waals surface area contributed by atoms with Crippen molar-refractivity contribution in [1.82, 2.24) is 5.32 Å². The minimum Gasteiger partial charge on any atom is -0.396 e. The van der Waals surface area contributed by atoms with E-state index in [1.165, 1.54) is 51.5 Å². The summed E-state index contributed by atoms with van der Waals surface area (Å²) in [6.45, 7) is 2.72. The normalized spacial score (nSPS) is 25.4. The van der Waals surface area contributed by atoms with E-state index in [9.17, 15) is 0 Å². The lowest BCUT2D eigenvalue weighted by Gasteiger charge is -2.42. The van der Waals surface area contributed by atoms with Gasteiger partial charge in [-0.2, -0.15) is 0 Å². The van der Waals surface area contributed by atoms with E-state index in [4.69, 9.17) is 5.11 Å². The Kier molecular flexibility index (Phi) is 4.04. The van der Waals surface area contributed by atoms with Crippen LogP contribution in [0.1, 0.15) is 51.4 Å². The summed E-state index contributed by atoms with van der Waals surface area (Å²) < 4.78 is 0. The Bertz CT molecular complexity index is 183. The molecule has 2 rings (SSSR count). The van der Waals surface area contributed by atoms with Crippen molar-refractivity contribution in [3.63, 3.8) is 0 Å². The van der Waals surface area contributed by atoms with E-state index in [0.29, 0.717) is 12.0 Å². The van der Waals surface area contributed by atoms with E-state index in [1.54, 1.807) is 0 Å². The van der Waals surface area contributed by atoms with Crippen molar-refractivity contribution >= 4 is 0 Å². The summed E-state index contributed by atoms with van der Waals surface area (Å²) in [6, 6.07) is 0. The van der Waals surface area contributed by atoms with E-state index in [-0.39, 0.29) is 0 Å². The Hall–Kier alpha value is -0.0800. The lowest BCUT2D eigenvalue weighted by atomic mass is 9.67. The van der Waals surface area contributed by atoms with Gasteiger partial charge in [-0.25, -0.2) is 0 Å². The molecule has 0 heterocycles. The molecule has 0 unspecified atom stereocenters. The van der Waals surface area contributed by atoms with E-state index in [0.717, 1.165) is 18.9 Å². The molecule has 2 N–H and O–H groups in total. The van der Waals surface area contributed by atoms with Gasteiger partial charge in [-0.1, -0.05) is 19.3 Å². The van der Waals surface area contributed by atoms with Crippen molar-refractivity contribution in [2.24, 2.45) is 11.3 Å². The first-order valence-electron chi connectivity index (χ1n) is 6.66. The summed E-state index contributed by atoms with van der Waals surface area (Å²) in [5.74, 6) is 0.941. The monoisotopic (exact) mass is 211 g/mol. The number of aliphatic hydroxyl groups is 1. The molecule has 2 fully saturated rings. The highest BCUT2D eigenvalue weighted by molar-refractivity contribution is 4.89. The number of hydrogen-bond donors (Lipinski definition) is 2. The third kappa shape index (κ3) is 2.94. The molecule has 0 aromatic carbocycles. The van der Waals surface area contributed by atoms with Crippen LogP contribution in [0.5, 0.6) is 0 Å². The maximum atomic E-state index is 9.05. The predicted octanol–water partition coefficient (Wildman–Crippen LogP) is 2.32. The second-order valence-electron chi connectivity index (χ2n) is 5.61. The average Bonchev–Trinajstić information content (AvgIpc) is 2.67. The second-order valence-corrected chi connectivity index (χ2v) is 5.61. The third-order valence-electron chi connectivity index (χ3n) is 4.46. The second kappa shape index (κ2) is 5.31. The van der Waals surface area contributed by atoms with Crippen LogP contribution in [0.4, 0.5) is 0 Å². The molecular weight excluding hydrogens is 186 g/mol. The molecule has 0 bridgehead atoms. The van der Waals surface area contributed by atoms with Crippen LogP contribution in [-0.4, -0.2) is 24.8 Å². The van der Waals surface area contributed by atoms with Crippen LogP contribution in [0.2, 0.25) is 0 Å².